The van der Waals surface area contributed by atoms with E-state index in [1.807, 2.05) is 0 Å². The van der Waals surface area contributed by atoms with Crippen LogP contribution < -0.4 is 5.32 Å². The van der Waals surface area contributed by atoms with Crippen molar-refractivity contribution in [1.82, 2.24) is 5.32 Å². The first-order chi connectivity index (χ1) is 7.63. The number of aliphatic carboxylic acids is 1. The summed E-state index contributed by atoms with van der Waals surface area (Å²) in [6, 6.07) is 5.00. The van der Waals surface area contributed by atoms with Crippen molar-refractivity contribution in [2.45, 2.75) is 12.5 Å². The highest BCUT2D eigenvalue weighted by atomic mass is 19.1. The predicted molar refractivity (Wildman–Crippen MR) is 55.4 cm³/mol. The van der Waals surface area contributed by atoms with E-state index in [-0.39, 0.29) is 18.8 Å². The van der Waals surface area contributed by atoms with E-state index in [2.05, 4.69) is 5.32 Å². The molecule has 0 aliphatic carbocycles. The van der Waals surface area contributed by atoms with Crippen LogP contribution in [0.1, 0.15) is 18.0 Å². The van der Waals surface area contributed by atoms with Crippen LogP contribution in [0, 0.1) is 5.82 Å². The van der Waals surface area contributed by atoms with Gasteiger partial charge in [0.05, 0.1) is 6.42 Å². The van der Waals surface area contributed by atoms with Gasteiger partial charge in [0.2, 0.25) is 0 Å². The number of halogens is 2. The van der Waals surface area contributed by atoms with Gasteiger partial charge in [-0.2, -0.15) is 0 Å². The smallest absolute Gasteiger partial charge is 0.305 e. The van der Waals surface area contributed by atoms with E-state index in [1.54, 1.807) is 0 Å². The highest BCUT2D eigenvalue weighted by molar-refractivity contribution is 5.67. The second kappa shape index (κ2) is 6.17. The fraction of sp³-hybridized carbons (Fsp3) is 0.364. The third kappa shape index (κ3) is 3.94. The molecule has 0 fully saturated rings. The van der Waals surface area contributed by atoms with E-state index in [4.69, 9.17) is 5.11 Å². The molecule has 5 heteroatoms. The van der Waals surface area contributed by atoms with Crippen LogP contribution in [0.25, 0.3) is 0 Å². The first-order valence-corrected chi connectivity index (χ1v) is 4.90. The van der Waals surface area contributed by atoms with Crippen LogP contribution in [0.3, 0.4) is 0 Å². The fourth-order valence-electron chi connectivity index (χ4n) is 1.41. The summed E-state index contributed by atoms with van der Waals surface area (Å²) in [5.74, 6) is -1.37. The Morgan fingerprint density at radius 1 is 1.38 bits per heavy atom. The lowest BCUT2D eigenvalue weighted by Gasteiger charge is -2.16. The third-order valence-electron chi connectivity index (χ3n) is 2.14. The molecule has 0 radical (unpaired) electrons. The first kappa shape index (κ1) is 12.6. The molecule has 0 aliphatic rings. The van der Waals surface area contributed by atoms with Gasteiger partial charge in [-0.15, -0.1) is 0 Å². The average molecular weight is 229 g/mol. The van der Waals surface area contributed by atoms with Crippen LogP contribution in [-0.2, 0) is 4.79 Å². The molecule has 0 spiro atoms. The molecule has 88 valence electrons. The van der Waals surface area contributed by atoms with Crippen LogP contribution in [-0.4, -0.2) is 24.3 Å². The molecule has 16 heavy (non-hydrogen) atoms. The van der Waals surface area contributed by atoms with Crippen LogP contribution in [0.5, 0.6) is 0 Å². The lowest BCUT2D eigenvalue weighted by Crippen LogP contribution is -2.25. The fourth-order valence-corrected chi connectivity index (χ4v) is 1.41. The number of rotatable bonds is 6. The number of carbonyl (C=O) groups is 1. The minimum absolute atomic E-state index is 0.0787. The quantitative estimate of drug-likeness (QED) is 0.783. The number of hydrogen-bond donors (Lipinski definition) is 2. The van der Waals surface area contributed by atoms with Gasteiger partial charge in [-0.25, -0.2) is 8.78 Å². The summed E-state index contributed by atoms with van der Waals surface area (Å²) >= 11 is 0. The molecule has 1 aromatic carbocycles. The highest BCUT2D eigenvalue weighted by Gasteiger charge is 2.14. The van der Waals surface area contributed by atoms with Gasteiger partial charge in [0.15, 0.2) is 0 Å². The molecule has 3 nitrogen and oxygen atoms in total. The van der Waals surface area contributed by atoms with Crippen molar-refractivity contribution in [3.05, 3.63) is 35.6 Å². The normalized spacial score (nSPS) is 12.4. The lowest BCUT2D eigenvalue weighted by atomic mass is 10.0. The molecule has 1 aromatic rings. The van der Waals surface area contributed by atoms with Crippen molar-refractivity contribution in [2.24, 2.45) is 0 Å². The molecule has 0 aliphatic heterocycles. The summed E-state index contributed by atoms with van der Waals surface area (Å²) < 4.78 is 24.7. The minimum atomic E-state index is -0.985. The standard InChI is InChI=1S/C11H13F2NO2/c12-5-6-14-10(7-11(15)16)8-1-3-9(13)4-2-8/h1-4,10,14H,5-7H2,(H,15,16). The molecule has 1 atom stereocenters. The molecule has 0 saturated carbocycles. The van der Waals surface area contributed by atoms with Crippen LogP contribution in [0.4, 0.5) is 8.78 Å². The van der Waals surface area contributed by atoms with Crippen molar-refractivity contribution in [3.8, 4) is 0 Å². The van der Waals surface area contributed by atoms with Gasteiger partial charge in [-0.05, 0) is 17.7 Å². The van der Waals surface area contributed by atoms with Crippen molar-refractivity contribution in [1.29, 1.82) is 0 Å². The molecule has 0 amide bonds. The Kier molecular flexibility index (Phi) is 4.85. The van der Waals surface area contributed by atoms with Crippen molar-refractivity contribution in [3.63, 3.8) is 0 Å². The molecule has 0 aromatic heterocycles. The maximum absolute atomic E-state index is 12.7. The molecule has 0 saturated heterocycles. The number of carboxylic acid groups (broad SMARTS) is 1. The van der Waals surface area contributed by atoms with E-state index in [1.165, 1.54) is 24.3 Å². The molecule has 0 heterocycles. The zero-order chi connectivity index (χ0) is 12.0. The van der Waals surface area contributed by atoms with Crippen molar-refractivity contribution in [2.75, 3.05) is 13.2 Å². The summed E-state index contributed by atoms with van der Waals surface area (Å²) in [5.41, 5.74) is 0.636. The number of hydrogen-bond acceptors (Lipinski definition) is 2. The number of benzene rings is 1. The van der Waals surface area contributed by atoms with Gasteiger partial charge in [0.1, 0.15) is 12.5 Å². The SMILES string of the molecule is O=C(O)CC(NCCF)c1ccc(F)cc1. The summed E-state index contributed by atoms with van der Waals surface area (Å²) in [4.78, 5) is 10.6. The number of carboxylic acids is 1. The summed E-state index contributed by atoms with van der Waals surface area (Å²) in [5, 5.41) is 11.4. The Balaban J connectivity index is 2.74. The van der Waals surface area contributed by atoms with E-state index in [0.717, 1.165) is 0 Å². The number of alkyl halides is 1. The van der Waals surface area contributed by atoms with Crippen LogP contribution >= 0.6 is 0 Å². The molecule has 0 bridgehead atoms. The predicted octanol–water partition coefficient (Wildman–Crippen LogP) is 1.90. The number of nitrogens with one attached hydrogen (secondary N) is 1. The molecule has 1 rings (SSSR count). The van der Waals surface area contributed by atoms with Crippen LogP contribution in [0.15, 0.2) is 24.3 Å². The first-order valence-electron chi connectivity index (χ1n) is 4.90. The minimum Gasteiger partial charge on any atom is -0.481 e. The average Bonchev–Trinajstić information content (AvgIpc) is 2.25. The van der Waals surface area contributed by atoms with Crippen molar-refractivity contribution < 1.29 is 18.7 Å². The Bertz CT molecular complexity index is 340. The van der Waals surface area contributed by atoms with Crippen molar-refractivity contribution >= 4 is 5.97 Å². The van der Waals surface area contributed by atoms with E-state index in [9.17, 15) is 13.6 Å². The molecular formula is C11H13F2NO2. The van der Waals surface area contributed by atoms with Gasteiger partial charge in [0.25, 0.3) is 0 Å². The third-order valence-corrected chi connectivity index (χ3v) is 2.14. The Labute approximate surface area is 92.1 Å². The molecular weight excluding hydrogens is 216 g/mol. The van der Waals surface area contributed by atoms with Gasteiger partial charge < -0.3 is 10.4 Å². The van der Waals surface area contributed by atoms with E-state index >= 15 is 0 Å². The Morgan fingerprint density at radius 2 is 2.00 bits per heavy atom. The largest absolute Gasteiger partial charge is 0.481 e. The van der Waals surface area contributed by atoms with Crippen LogP contribution in [0.2, 0.25) is 0 Å². The maximum Gasteiger partial charge on any atom is 0.305 e. The summed E-state index contributed by atoms with van der Waals surface area (Å²) in [6.07, 6.45) is -0.161. The van der Waals surface area contributed by atoms with Gasteiger partial charge in [-0.1, -0.05) is 12.1 Å². The topological polar surface area (TPSA) is 49.3 Å². The van der Waals surface area contributed by atoms with Gasteiger partial charge >= 0.3 is 5.97 Å². The lowest BCUT2D eigenvalue weighted by molar-refractivity contribution is -0.137. The Hall–Kier alpha value is -1.49. The second-order valence-corrected chi connectivity index (χ2v) is 3.35. The molecule has 1 unspecified atom stereocenters. The molecule has 2 N–H and O–H groups in total. The summed E-state index contributed by atoms with van der Waals surface area (Å²) in [7, 11) is 0. The highest BCUT2D eigenvalue weighted by Crippen LogP contribution is 2.17. The Morgan fingerprint density at radius 3 is 2.50 bits per heavy atom. The van der Waals surface area contributed by atoms with Gasteiger partial charge in [-0.3, -0.25) is 4.79 Å². The second-order valence-electron chi connectivity index (χ2n) is 3.35. The van der Waals surface area contributed by atoms with E-state index in [0.29, 0.717) is 5.56 Å². The zero-order valence-corrected chi connectivity index (χ0v) is 8.62. The van der Waals surface area contributed by atoms with E-state index < -0.39 is 18.7 Å². The maximum atomic E-state index is 12.7. The summed E-state index contributed by atoms with van der Waals surface area (Å²) in [6.45, 7) is -0.493. The zero-order valence-electron chi connectivity index (χ0n) is 8.62. The van der Waals surface area contributed by atoms with Gasteiger partial charge in [0, 0.05) is 12.6 Å². The monoisotopic (exact) mass is 229 g/mol.